The summed E-state index contributed by atoms with van der Waals surface area (Å²) in [6.45, 7) is 6.61. The Kier molecular flexibility index (Phi) is 4.26. The van der Waals surface area contributed by atoms with Gasteiger partial charge < -0.3 is 9.33 Å². The molecule has 0 fully saturated rings. The van der Waals surface area contributed by atoms with Gasteiger partial charge in [-0.2, -0.15) is 0 Å². The van der Waals surface area contributed by atoms with Crippen molar-refractivity contribution in [3.05, 3.63) is 12.5 Å². The lowest BCUT2D eigenvalue weighted by Crippen LogP contribution is -2.26. The first-order valence-corrected chi connectivity index (χ1v) is 7.10. The highest BCUT2D eigenvalue weighted by Gasteiger charge is 2.18. The Labute approximate surface area is 71.0 Å². The van der Waals surface area contributed by atoms with Crippen LogP contribution in [-0.2, 0) is 4.43 Å². The number of rotatable bonds is 4. The first-order chi connectivity index (χ1) is 4.98. The number of hydrogen-bond acceptors (Lipinski definition) is 2. The maximum atomic E-state index is 5.61. The van der Waals surface area contributed by atoms with Gasteiger partial charge in [-0.25, -0.2) is 0 Å². The molecule has 3 heteroatoms. The van der Waals surface area contributed by atoms with Gasteiger partial charge in [0.25, 0.3) is 0 Å². The van der Waals surface area contributed by atoms with Crippen molar-refractivity contribution >= 4 is 8.32 Å². The predicted octanol–water partition coefficient (Wildman–Crippen LogP) is 2.26. The minimum atomic E-state index is -1.36. The van der Waals surface area contributed by atoms with E-state index >= 15 is 0 Å². The average molecular weight is 173 g/mol. The van der Waals surface area contributed by atoms with E-state index in [0.29, 0.717) is 0 Å². The third-order valence-electron chi connectivity index (χ3n) is 1.60. The van der Waals surface area contributed by atoms with Gasteiger partial charge in [-0.3, -0.25) is 0 Å². The molecule has 0 atom stereocenters. The number of hydrogen-bond donors (Lipinski definition) is 0. The zero-order valence-electron chi connectivity index (χ0n) is 8.22. The van der Waals surface area contributed by atoms with Crippen molar-refractivity contribution in [1.29, 1.82) is 0 Å². The van der Waals surface area contributed by atoms with Crippen LogP contribution in [-0.4, -0.2) is 27.3 Å². The molecular formula is C8H19NOSi. The maximum Gasteiger partial charge on any atom is 0.244 e. The van der Waals surface area contributed by atoms with E-state index in [2.05, 4.69) is 20.0 Å². The van der Waals surface area contributed by atoms with Crippen LogP contribution in [0.5, 0.6) is 0 Å². The molecule has 0 aliphatic carbocycles. The van der Waals surface area contributed by atoms with Crippen LogP contribution in [0.4, 0.5) is 0 Å². The molecule has 0 heterocycles. The van der Waals surface area contributed by atoms with Gasteiger partial charge in [0.1, 0.15) is 0 Å². The molecular weight excluding hydrogens is 154 g/mol. The summed E-state index contributed by atoms with van der Waals surface area (Å²) in [5.41, 5.74) is 0. The lowest BCUT2D eigenvalue weighted by Gasteiger charge is -2.19. The molecule has 0 rings (SSSR count). The van der Waals surface area contributed by atoms with Gasteiger partial charge in [-0.05, 0) is 19.1 Å². The fourth-order valence-electron chi connectivity index (χ4n) is 0.420. The highest BCUT2D eigenvalue weighted by molar-refractivity contribution is 6.71. The van der Waals surface area contributed by atoms with E-state index in [4.69, 9.17) is 4.43 Å². The third kappa shape index (κ3) is 5.98. The van der Waals surface area contributed by atoms with Gasteiger partial charge >= 0.3 is 0 Å². The molecule has 0 amide bonds. The fourth-order valence-corrected chi connectivity index (χ4v) is 1.02. The van der Waals surface area contributed by atoms with Gasteiger partial charge in [-0.15, -0.1) is 0 Å². The van der Waals surface area contributed by atoms with Crippen molar-refractivity contribution in [3.63, 3.8) is 0 Å². The van der Waals surface area contributed by atoms with Crippen molar-refractivity contribution in [1.82, 2.24) is 4.90 Å². The van der Waals surface area contributed by atoms with E-state index < -0.39 is 8.32 Å². The first kappa shape index (κ1) is 10.6. The SMILES string of the molecule is CC[Si](C)(C)O/C=C/N(C)C. The summed E-state index contributed by atoms with van der Waals surface area (Å²) in [6.07, 6.45) is 3.74. The normalized spacial score (nSPS) is 12.1. The average Bonchev–Trinajstić information content (AvgIpc) is 1.87. The predicted molar refractivity (Wildman–Crippen MR) is 51.9 cm³/mol. The molecule has 0 N–H and O–H groups in total. The van der Waals surface area contributed by atoms with E-state index in [1.807, 2.05) is 25.2 Å². The van der Waals surface area contributed by atoms with Crippen molar-refractivity contribution in [2.45, 2.75) is 26.1 Å². The molecule has 0 aromatic rings. The van der Waals surface area contributed by atoms with E-state index in [1.54, 1.807) is 6.26 Å². The van der Waals surface area contributed by atoms with E-state index in [9.17, 15) is 0 Å². The summed E-state index contributed by atoms with van der Waals surface area (Å²) in [7, 11) is 2.62. The molecule has 0 bridgehead atoms. The molecule has 2 nitrogen and oxygen atoms in total. The van der Waals surface area contributed by atoms with E-state index in [1.165, 1.54) is 0 Å². The first-order valence-electron chi connectivity index (χ1n) is 3.99. The van der Waals surface area contributed by atoms with Crippen LogP contribution in [0, 0.1) is 0 Å². The molecule has 0 aromatic heterocycles. The zero-order valence-corrected chi connectivity index (χ0v) is 9.22. The highest BCUT2D eigenvalue weighted by atomic mass is 28.4. The standard InChI is InChI=1S/C8H19NOSi/c1-6-11(4,5)10-8-7-9(2)3/h7-8H,6H2,1-5H3/b8-7+. The second kappa shape index (κ2) is 4.44. The second-order valence-electron chi connectivity index (χ2n) is 3.48. The molecule has 0 saturated carbocycles. The summed E-state index contributed by atoms with van der Waals surface area (Å²) >= 11 is 0. The van der Waals surface area contributed by atoms with Gasteiger partial charge in [0.2, 0.25) is 8.32 Å². The molecule has 0 aliphatic rings. The second-order valence-corrected chi connectivity index (χ2v) is 7.94. The Hall–Kier alpha value is -0.443. The lowest BCUT2D eigenvalue weighted by molar-refractivity contribution is 0.447. The summed E-state index contributed by atoms with van der Waals surface area (Å²) in [5.74, 6) is 0. The monoisotopic (exact) mass is 173 g/mol. The molecule has 0 aliphatic heterocycles. The maximum absolute atomic E-state index is 5.61. The van der Waals surface area contributed by atoms with Crippen LogP contribution in [0.1, 0.15) is 6.92 Å². The molecule has 66 valence electrons. The minimum absolute atomic E-state index is 1.16. The molecule has 11 heavy (non-hydrogen) atoms. The molecule has 0 aromatic carbocycles. The largest absolute Gasteiger partial charge is 0.548 e. The topological polar surface area (TPSA) is 12.5 Å². The van der Waals surface area contributed by atoms with Crippen LogP contribution in [0.2, 0.25) is 19.1 Å². The van der Waals surface area contributed by atoms with E-state index in [-0.39, 0.29) is 0 Å². The smallest absolute Gasteiger partial charge is 0.244 e. The molecule has 0 radical (unpaired) electrons. The summed E-state index contributed by atoms with van der Waals surface area (Å²) in [5, 5.41) is 0. The lowest BCUT2D eigenvalue weighted by atomic mass is 10.8. The Balaban J connectivity index is 3.69. The van der Waals surface area contributed by atoms with Crippen molar-refractivity contribution in [3.8, 4) is 0 Å². The molecule has 0 unspecified atom stereocenters. The summed E-state index contributed by atoms with van der Waals surface area (Å²) in [4.78, 5) is 1.97. The summed E-state index contributed by atoms with van der Waals surface area (Å²) in [6, 6.07) is 1.16. The highest BCUT2D eigenvalue weighted by Crippen LogP contribution is 2.09. The van der Waals surface area contributed by atoms with Crippen LogP contribution in [0.15, 0.2) is 12.5 Å². The number of nitrogens with zero attached hydrogens (tertiary/aromatic N) is 1. The van der Waals surface area contributed by atoms with Crippen molar-refractivity contribution < 1.29 is 4.43 Å². The van der Waals surface area contributed by atoms with Crippen molar-refractivity contribution in [2.75, 3.05) is 14.1 Å². The van der Waals surface area contributed by atoms with Crippen molar-refractivity contribution in [2.24, 2.45) is 0 Å². The summed E-state index contributed by atoms with van der Waals surface area (Å²) < 4.78 is 5.61. The van der Waals surface area contributed by atoms with Gasteiger partial charge in [-0.1, -0.05) is 6.92 Å². The Morgan fingerprint density at radius 2 is 1.91 bits per heavy atom. The van der Waals surface area contributed by atoms with Crippen LogP contribution in [0.25, 0.3) is 0 Å². The van der Waals surface area contributed by atoms with Crippen LogP contribution in [0.3, 0.4) is 0 Å². The third-order valence-corrected chi connectivity index (χ3v) is 4.07. The molecule has 0 saturated heterocycles. The van der Waals surface area contributed by atoms with Gasteiger partial charge in [0, 0.05) is 20.3 Å². The fraction of sp³-hybridized carbons (Fsp3) is 0.750. The Morgan fingerprint density at radius 1 is 1.36 bits per heavy atom. The van der Waals surface area contributed by atoms with Gasteiger partial charge in [0.05, 0.1) is 6.26 Å². The Morgan fingerprint density at radius 3 is 2.27 bits per heavy atom. The Bertz CT molecular complexity index is 132. The molecule has 0 spiro atoms. The minimum Gasteiger partial charge on any atom is -0.548 e. The van der Waals surface area contributed by atoms with E-state index in [0.717, 1.165) is 6.04 Å². The zero-order chi connectivity index (χ0) is 8.91. The van der Waals surface area contributed by atoms with Crippen LogP contribution < -0.4 is 0 Å². The quantitative estimate of drug-likeness (QED) is 0.477. The van der Waals surface area contributed by atoms with Crippen LogP contribution >= 0.6 is 0 Å². The van der Waals surface area contributed by atoms with Gasteiger partial charge in [0.15, 0.2) is 0 Å².